The van der Waals surface area contributed by atoms with Crippen LogP contribution in [0.4, 0.5) is 0 Å². The number of esters is 2. The van der Waals surface area contributed by atoms with Crippen LogP contribution in [-0.4, -0.2) is 53.7 Å². The molecule has 2 aliphatic heterocycles. The highest BCUT2D eigenvalue weighted by atomic mass is 16.5. The molecule has 10 nitrogen and oxygen atoms in total. The molecule has 2 aromatic rings. The summed E-state index contributed by atoms with van der Waals surface area (Å²) >= 11 is 0. The molecule has 0 fully saturated rings. The highest BCUT2D eigenvalue weighted by molar-refractivity contribution is 6.30. The van der Waals surface area contributed by atoms with E-state index in [4.69, 9.17) is 9.47 Å². The lowest BCUT2D eigenvalue weighted by atomic mass is 9.96. The SMILES string of the molecule is CCC1=C(C)C(=O)N=C1/C=c1/[nH]/c(=C\c2[nH]c(/C=C3\NC(=O)C(C)=C3CC)c(C)c2CC(C)C(=O)OC)c(CC(C)C(=O)OC)c1C. The van der Waals surface area contributed by atoms with E-state index in [9.17, 15) is 19.2 Å². The number of H-pyrrole nitrogens is 2. The minimum Gasteiger partial charge on any atom is -0.469 e. The molecule has 4 heterocycles. The van der Waals surface area contributed by atoms with E-state index in [1.54, 1.807) is 6.92 Å². The first-order valence-electron chi connectivity index (χ1n) is 16.1. The number of methoxy groups -OCH3 is 2. The Morgan fingerprint density at radius 1 is 0.745 bits per heavy atom. The number of aliphatic imine (C=N–C) groups is 1. The van der Waals surface area contributed by atoms with Gasteiger partial charge in [0.15, 0.2) is 0 Å². The van der Waals surface area contributed by atoms with Gasteiger partial charge in [-0.3, -0.25) is 19.2 Å². The van der Waals surface area contributed by atoms with Gasteiger partial charge in [-0.15, -0.1) is 0 Å². The summed E-state index contributed by atoms with van der Waals surface area (Å²) in [5, 5.41) is 4.55. The van der Waals surface area contributed by atoms with Gasteiger partial charge >= 0.3 is 11.9 Å². The van der Waals surface area contributed by atoms with Crippen LogP contribution in [0.15, 0.2) is 33.0 Å². The summed E-state index contributed by atoms with van der Waals surface area (Å²) in [6, 6.07) is 0. The van der Waals surface area contributed by atoms with Crippen LogP contribution in [0.5, 0.6) is 0 Å². The molecule has 250 valence electrons. The van der Waals surface area contributed by atoms with Crippen LogP contribution in [-0.2, 0) is 41.5 Å². The molecule has 2 atom stereocenters. The van der Waals surface area contributed by atoms with Crippen LogP contribution in [0.25, 0.3) is 18.2 Å². The lowest BCUT2D eigenvalue weighted by Gasteiger charge is -2.10. The second kappa shape index (κ2) is 14.4. The molecule has 0 spiro atoms. The monoisotopic (exact) mass is 642 g/mol. The second-order valence-corrected chi connectivity index (χ2v) is 12.4. The molecule has 10 heteroatoms. The van der Waals surface area contributed by atoms with E-state index in [1.165, 1.54) is 14.2 Å². The van der Waals surface area contributed by atoms with Crippen molar-refractivity contribution in [3.63, 3.8) is 0 Å². The number of rotatable bonds is 11. The molecule has 2 unspecified atom stereocenters. The minimum atomic E-state index is -0.411. The van der Waals surface area contributed by atoms with E-state index >= 15 is 0 Å². The average Bonchev–Trinajstić information content (AvgIpc) is 3.69. The van der Waals surface area contributed by atoms with E-state index in [0.29, 0.717) is 42.5 Å². The molecule has 3 N–H and O–H groups in total. The van der Waals surface area contributed by atoms with Crippen LogP contribution in [0, 0.1) is 25.7 Å². The number of aromatic amines is 2. The minimum absolute atomic E-state index is 0.108. The second-order valence-electron chi connectivity index (χ2n) is 12.4. The predicted octanol–water partition coefficient (Wildman–Crippen LogP) is 4.18. The van der Waals surface area contributed by atoms with Crippen molar-refractivity contribution in [1.29, 1.82) is 0 Å². The predicted molar refractivity (Wildman–Crippen MR) is 183 cm³/mol. The van der Waals surface area contributed by atoms with Gasteiger partial charge in [0.25, 0.3) is 11.8 Å². The fraction of sp³-hybridized carbons (Fsp3) is 0.432. The number of hydrogen-bond donors (Lipinski definition) is 3. The molecule has 0 saturated carbocycles. The van der Waals surface area contributed by atoms with Gasteiger partial charge in [-0.25, -0.2) is 4.99 Å². The molecule has 47 heavy (non-hydrogen) atoms. The van der Waals surface area contributed by atoms with Crippen molar-refractivity contribution < 1.29 is 28.7 Å². The van der Waals surface area contributed by atoms with Crippen molar-refractivity contribution in [2.24, 2.45) is 16.8 Å². The Kier molecular flexibility index (Phi) is 10.7. The highest BCUT2D eigenvalue weighted by Gasteiger charge is 2.26. The Hall–Kier alpha value is -4.73. The Balaban J connectivity index is 1.97. The smallest absolute Gasteiger partial charge is 0.308 e. The number of hydrogen-bond acceptors (Lipinski definition) is 6. The lowest BCUT2D eigenvalue weighted by Crippen LogP contribution is -2.20. The fourth-order valence-corrected chi connectivity index (χ4v) is 6.38. The van der Waals surface area contributed by atoms with E-state index in [2.05, 4.69) is 20.3 Å². The number of nitrogens with zero attached hydrogens (tertiary/aromatic N) is 1. The molecule has 2 aromatic heterocycles. The van der Waals surface area contributed by atoms with Gasteiger partial charge in [0.05, 0.1) is 31.8 Å². The topological polar surface area (TPSA) is 143 Å². The van der Waals surface area contributed by atoms with Crippen molar-refractivity contribution in [2.45, 2.75) is 81.1 Å². The van der Waals surface area contributed by atoms with E-state index in [-0.39, 0.29) is 23.8 Å². The zero-order chi connectivity index (χ0) is 34.7. The van der Waals surface area contributed by atoms with Gasteiger partial charge in [0.2, 0.25) is 0 Å². The van der Waals surface area contributed by atoms with Crippen LogP contribution in [0.3, 0.4) is 0 Å². The largest absolute Gasteiger partial charge is 0.469 e. The summed E-state index contributed by atoms with van der Waals surface area (Å²) < 4.78 is 10.1. The molecule has 4 rings (SSSR count). The number of nitrogens with one attached hydrogen (secondary N) is 3. The summed E-state index contributed by atoms with van der Waals surface area (Å²) in [4.78, 5) is 61.3. The van der Waals surface area contributed by atoms with Crippen molar-refractivity contribution >= 4 is 47.7 Å². The number of ether oxygens (including phenoxy) is 2. The van der Waals surface area contributed by atoms with Gasteiger partial charge in [-0.2, -0.15) is 0 Å². The fourth-order valence-electron chi connectivity index (χ4n) is 6.38. The number of allylic oxidation sites excluding steroid dienone is 2. The quantitative estimate of drug-likeness (QED) is 0.314. The van der Waals surface area contributed by atoms with Crippen LogP contribution < -0.4 is 16.0 Å². The maximum atomic E-state index is 12.5. The Morgan fingerprint density at radius 3 is 1.91 bits per heavy atom. The first-order chi connectivity index (χ1) is 22.3. The van der Waals surface area contributed by atoms with Crippen molar-refractivity contribution in [3.05, 3.63) is 72.3 Å². The van der Waals surface area contributed by atoms with Crippen LogP contribution in [0.1, 0.15) is 88.0 Å². The summed E-state index contributed by atoms with van der Waals surface area (Å²) in [5.74, 6) is -1.78. The Bertz CT molecular complexity index is 1900. The first-order valence-corrected chi connectivity index (χ1v) is 16.1. The number of carbonyl (C=O) groups is 4. The normalized spacial score (nSPS) is 18.0. The highest BCUT2D eigenvalue weighted by Crippen LogP contribution is 2.29. The zero-order valence-electron chi connectivity index (χ0n) is 29.1. The van der Waals surface area contributed by atoms with Crippen molar-refractivity contribution in [1.82, 2.24) is 15.3 Å². The summed E-state index contributed by atoms with van der Waals surface area (Å²) in [7, 11) is 2.76. The van der Waals surface area contributed by atoms with E-state index < -0.39 is 11.8 Å². The van der Waals surface area contributed by atoms with Gasteiger partial charge in [0, 0.05) is 38.9 Å². The third-order valence-electron chi connectivity index (χ3n) is 9.37. The molecule has 0 bridgehead atoms. The summed E-state index contributed by atoms with van der Waals surface area (Å²) in [5.41, 5.74) is 9.92. The van der Waals surface area contributed by atoms with E-state index in [0.717, 1.165) is 61.2 Å². The summed E-state index contributed by atoms with van der Waals surface area (Å²) in [6.07, 6.45) is 8.05. The number of aromatic nitrogens is 2. The molecule has 2 aliphatic rings. The van der Waals surface area contributed by atoms with Crippen molar-refractivity contribution in [3.8, 4) is 0 Å². The summed E-state index contributed by atoms with van der Waals surface area (Å²) in [6.45, 7) is 15.3. The third-order valence-corrected chi connectivity index (χ3v) is 9.37. The number of amides is 2. The average molecular weight is 643 g/mol. The molecule has 2 amide bonds. The molecule has 0 radical (unpaired) electrons. The lowest BCUT2D eigenvalue weighted by molar-refractivity contribution is -0.145. The molecular weight excluding hydrogens is 596 g/mol. The third kappa shape index (κ3) is 7.01. The van der Waals surface area contributed by atoms with Gasteiger partial charge in [0.1, 0.15) is 0 Å². The van der Waals surface area contributed by atoms with Crippen LogP contribution in [0.2, 0.25) is 0 Å². The molecule has 0 saturated heterocycles. The van der Waals surface area contributed by atoms with E-state index in [1.807, 2.05) is 66.7 Å². The van der Waals surface area contributed by atoms with Gasteiger partial charge < -0.3 is 24.8 Å². The van der Waals surface area contributed by atoms with Gasteiger partial charge in [-0.1, -0.05) is 27.7 Å². The Morgan fingerprint density at radius 2 is 1.34 bits per heavy atom. The number of carbonyl (C=O) groups excluding carboxylic acids is 4. The Labute approximate surface area is 275 Å². The van der Waals surface area contributed by atoms with Crippen molar-refractivity contribution in [2.75, 3.05) is 14.2 Å². The molecule has 0 aromatic carbocycles. The maximum absolute atomic E-state index is 12.5. The molecular formula is C37H46N4O6. The van der Waals surface area contributed by atoms with Gasteiger partial charge in [-0.05, 0) is 105 Å². The first kappa shape index (κ1) is 35.1. The zero-order valence-corrected chi connectivity index (χ0v) is 29.1. The standard InChI is InChI=1S/C37H46N4O6/c1-11-24-22(7)34(42)40-30(24)15-28-20(5)26(13-18(3)36(44)46-9)32(38-28)17-33-27(14-19(4)37(45)47-10)21(6)29(39-33)16-31-25(12-2)23(8)35(43)41-31/h15-19,38-39H,11-14H2,1-10H3,(H,40,42)/b29-16+,30-15-,33-17-. The maximum Gasteiger partial charge on any atom is 0.308 e. The molecule has 0 aliphatic carbocycles. The van der Waals surface area contributed by atoms with Crippen LogP contribution >= 0.6 is 0 Å².